The van der Waals surface area contributed by atoms with Crippen molar-refractivity contribution in [3.8, 4) is 0 Å². The lowest BCUT2D eigenvalue weighted by molar-refractivity contribution is -0.168. The van der Waals surface area contributed by atoms with E-state index in [4.69, 9.17) is 0 Å². The zero-order valence-corrected chi connectivity index (χ0v) is 16.0. The van der Waals surface area contributed by atoms with Crippen molar-refractivity contribution in [2.75, 3.05) is 19.6 Å². The van der Waals surface area contributed by atoms with Gasteiger partial charge in [0.05, 0.1) is 12.1 Å². The van der Waals surface area contributed by atoms with Crippen LogP contribution in [0.5, 0.6) is 0 Å². The minimum Gasteiger partial charge on any atom is -0.331 e. The highest BCUT2D eigenvalue weighted by Gasteiger charge is 2.56. The summed E-state index contributed by atoms with van der Waals surface area (Å²) in [7, 11) is 0. The lowest BCUT2D eigenvalue weighted by Gasteiger charge is -2.61. The Hall–Kier alpha value is -1.65. The molecule has 2 unspecified atom stereocenters. The van der Waals surface area contributed by atoms with Gasteiger partial charge in [-0.3, -0.25) is 9.69 Å². The van der Waals surface area contributed by atoms with Crippen LogP contribution in [0.15, 0.2) is 41.8 Å². The molecule has 3 nitrogen and oxygen atoms in total. The monoisotopic (exact) mass is 366 g/mol. The first-order chi connectivity index (χ1) is 12.8. The Balaban J connectivity index is 1.35. The third-order valence-corrected chi connectivity index (χ3v) is 7.76. The van der Waals surface area contributed by atoms with Crippen LogP contribution in [0.4, 0.5) is 0 Å². The molecule has 0 N–H and O–H groups in total. The first-order valence-corrected chi connectivity index (χ1v) is 10.8. The van der Waals surface area contributed by atoms with Gasteiger partial charge in [0.25, 0.3) is 0 Å². The molecule has 1 saturated carbocycles. The fraction of sp³-hybridized carbons (Fsp3) is 0.500. The second-order valence-electron chi connectivity index (χ2n) is 8.07. The standard InChI is InChI=1S/C22H26N2OS/c25-21(16-23-12-9-20-17(14-23)10-13-26-20)24-15-19-8-4-5-11-22(19,24)18-6-2-1-3-7-18/h1-3,6-7,10,13,19H,4-5,8-9,11-12,14-16H2. The van der Waals surface area contributed by atoms with Crippen molar-refractivity contribution in [1.82, 2.24) is 9.80 Å². The van der Waals surface area contributed by atoms with Crippen molar-refractivity contribution in [3.05, 3.63) is 57.8 Å². The molecular weight excluding hydrogens is 340 g/mol. The van der Waals surface area contributed by atoms with Gasteiger partial charge in [-0.05, 0) is 41.8 Å². The quantitative estimate of drug-likeness (QED) is 0.819. The SMILES string of the molecule is O=C(CN1CCc2sccc2C1)N1CC2CCCCC21c1ccccc1. The topological polar surface area (TPSA) is 23.6 Å². The van der Waals surface area contributed by atoms with Crippen molar-refractivity contribution in [1.29, 1.82) is 0 Å². The molecular formula is C22H26N2OS. The molecule has 2 aliphatic heterocycles. The van der Waals surface area contributed by atoms with Crippen LogP contribution >= 0.6 is 11.3 Å². The molecule has 2 atom stereocenters. The van der Waals surface area contributed by atoms with E-state index in [2.05, 4.69) is 51.6 Å². The Labute approximate surface area is 159 Å². The fourth-order valence-electron chi connectivity index (χ4n) is 5.40. The van der Waals surface area contributed by atoms with E-state index in [0.29, 0.717) is 18.4 Å². The summed E-state index contributed by atoms with van der Waals surface area (Å²) in [5.74, 6) is 0.970. The Morgan fingerprint density at radius 1 is 1.19 bits per heavy atom. The van der Waals surface area contributed by atoms with Crippen LogP contribution in [-0.4, -0.2) is 35.3 Å². The van der Waals surface area contributed by atoms with E-state index in [1.54, 1.807) is 0 Å². The van der Waals surface area contributed by atoms with Crippen LogP contribution < -0.4 is 0 Å². The van der Waals surface area contributed by atoms with Gasteiger partial charge in [0.2, 0.25) is 5.91 Å². The van der Waals surface area contributed by atoms with Gasteiger partial charge in [0, 0.05) is 30.4 Å². The van der Waals surface area contributed by atoms with E-state index in [-0.39, 0.29) is 5.54 Å². The van der Waals surface area contributed by atoms with Crippen LogP contribution in [0.1, 0.15) is 41.7 Å². The van der Waals surface area contributed by atoms with Crippen molar-refractivity contribution >= 4 is 17.2 Å². The lowest BCUT2D eigenvalue weighted by atomic mass is 9.61. The van der Waals surface area contributed by atoms with E-state index in [0.717, 1.165) is 32.5 Å². The van der Waals surface area contributed by atoms with E-state index >= 15 is 0 Å². The number of hydrogen-bond donors (Lipinski definition) is 0. The molecule has 0 radical (unpaired) electrons. The van der Waals surface area contributed by atoms with Gasteiger partial charge < -0.3 is 4.90 Å². The molecule has 26 heavy (non-hydrogen) atoms. The summed E-state index contributed by atoms with van der Waals surface area (Å²) >= 11 is 1.86. The number of thiophene rings is 1. The maximum Gasteiger partial charge on any atom is 0.237 e. The summed E-state index contributed by atoms with van der Waals surface area (Å²) in [5, 5.41) is 2.18. The van der Waals surface area contributed by atoms with Gasteiger partial charge >= 0.3 is 0 Å². The Morgan fingerprint density at radius 2 is 2.08 bits per heavy atom. The Kier molecular flexibility index (Phi) is 4.13. The third kappa shape index (κ3) is 2.54. The first-order valence-electron chi connectivity index (χ1n) is 9.91. The van der Waals surface area contributed by atoms with E-state index in [1.807, 2.05) is 11.3 Å². The van der Waals surface area contributed by atoms with Crippen molar-refractivity contribution in [2.45, 2.75) is 44.2 Å². The molecule has 0 bridgehead atoms. The second kappa shape index (κ2) is 6.50. The summed E-state index contributed by atoms with van der Waals surface area (Å²) in [5.41, 5.74) is 2.74. The summed E-state index contributed by atoms with van der Waals surface area (Å²) in [6.07, 6.45) is 6.03. The molecule has 1 aromatic heterocycles. The maximum absolute atomic E-state index is 13.3. The number of benzene rings is 1. The number of likely N-dealkylation sites (tertiary alicyclic amines) is 1. The molecule has 136 valence electrons. The van der Waals surface area contributed by atoms with Gasteiger partial charge in [-0.25, -0.2) is 0 Å². The fourth-order valence-corrected chi connectivity index (χ4v) is 6.29. The molecule has 1 aliphatic carbocycles. The highest BCUT2D eigenvalue weighted by atomic mass is 32.1. The minimum atomic E-state index is -0.0279. The van der Waals surface area contributed by atoms with E-state index in [1.165, 1.54) is 35.3 Å². The summed E-state index contributed by atoms with van der Waals surface area (Å²) in [6.45, 7) is 3.46. The summed E-state index contributed by atoms with van der Waals surface area (Å²) < 4.78 is 0. The normalized spacial score (nSPS) is 28.2. The first kappa shape index (κ1) is 16.5. The summed E-state index contributed by atoms with van der Waals surface area (Å²) in [4.78, 5) is 19.3. The molecule has 1 aromatic carbocycles. The van der Waals surface area contributed by atoms with Crippen LogP contribution in [0, 0.1) is 5.92 Å². The number of nitrogens with zero attached hydrogens (tertiary/aromatic N) is 2. The van der Waals surface area contributed by atoms with Crippen molar-refractivity contribution < 1.29 is 4.79 Å². The number of hydrogen-bond acceptors (Lipinski definition) is 3. The van der Waals surface area contributed by atoms with E-state index < -0.39 is 0 Å². The zero-order chi connectivity index (χ0) is 17.6. The van der Waals surface area contributed by atoms with Crippen molar-refractivity contribution in [3.63, 3.8) is 0 Å². The molecule has 4 heteroatoms. The highest BCUT2D eigenvalue weighted by Crippen LogP contribution is 2.53. The molecule has 1 saturated heterocycles. The predicted molar refractivity (Wildman–Crippen MR) is 105 cm³/mol. The van der Waals surface area contributed by atoms with Gasteiger partial charge in [-0.1, -0.05) is 43.2 Å². The number of fused-ring (bicyclic) bond motifs is 2. The zero-order valence-electron chi connectivity index (χ0n) is 15.2. The molecule has 2 fully saturated rings. The number of amides is 1. The van der Waals surface area contributed by atoms with Gasteiger partial charge in [0.1, 0.15) is 0 Å². The van der Waals surface area contributed by atoms with Crippen LogP contribution in [0.2, 0.25) is 0 Å². The Morgan fingerprint density at radius 3 is 2.92 bits per heavy atom. The van der Waals surface area contributed by atoms with Crippen molar-refractivity contribution in [2.24, 2.45) is 5.92 Å². The number of carbonyl (C=O) groups is 1. The molecule has 1 amide bonds. The van der Waals surface area contributed by atoms with Gasteiger partial charge in [-0.2, -0.15) is 0 Å². The van der Waals surface area contributed by atoms with Gasteiger partial charge in [0.15, 0.2) is 0 Å². The molecule has 2 aromatic rings. The molecule has 3 aliphatic rings. The average Bonchev–Trinajstić information content (AvgIpc) is 3.11. The van der Waals surface area contributed by atoms with E-state index in [9.17, 15) is 4.79 Å². The third-order valence-electron chi connectivity index (χ3n) is 6.74. The molecule has 3 heterocycles. The minimum absolute atomic E-state index is 0.0279. The highest BCUT2D eigenvalue weighted by molar-refractivity contribution is 7.10. The molecule has 0 spiro atoms. The summed E-state index contributed by atoms with van der Waals surface area (Å²) in [6, 6.07) is 13.0. The van der Waals surface area contributed by atoms with Crippen LogP contribution in [0.3, 0.4) is 0 Å². The number of rotatable bonds is 3. The predicted octanol–water partition coefficient (Wildman–Crippen LogP) is 4.03. The Bertz CT molecular complexity index is 801. The maximum atomic E-state index is 13.3. The molecule has 5 rings (SSSR count). The average molecular weight is 367 g/mol. The van der Waals surface area contributed by atoms with Gasteiger partial charge in [-0.15, -0.1) is 11.3 Å². The largest absolute Gasteiger partial charge is 0.331 e. The second-order valence-corrected chi connectivity index (χ2v) is 9.07. The van der Waals surface area contributed by atoms with Crippen LogP contribution in [-0.2, 0) is 23.3 Å². The smallest absolute Gasteiger partial charge is 0.237 e. The lowest BCUT2D eigenvalue weighted by Crippen LogP contribution is -2.68. The number of carbonyl (C=O) groups excluding carboxylic acids is 1. The van der Waals surface area contributed by atoms with Crippen LogP contribution in [0.25, 0.3) is 0 Å².